The van der Waals surface area contributed by atoms with Crippen LogP contribution in [0.2, 0.25) is 0 Å². The summed E-state index contributed by atoms with van der Waals surface area (Å²) in [5.41, 5.74) is 0.835. The van der Waals surface area contributed by atoms with Crippen molar-refractivity contribution in [2.24, 2.45) is 0 Å². The molecule has 2 heterocycles. The average molecular weight is 267 g/mol. The smallest absolute Gasteiger partial charge is 0.180 e. The lowest BCUT2D eigenvalue weighted by molar-refractivity contribution is 1.02. The van der Waals surface area contributed by atoms with Crippen LogP contribution < -0.4 is 5.32 Å². The Morgan fingerprint density at radius 2 is 2.47 bits per heavy atom. The average Bonchev–Trinajstić information content (AvgIpc) is 2.65. The molecule has 78 valence electrons. The number of nitrogens with one attached hydrogen (secondary N) is 1. The molecule has 2 rings (SSSR count). The number of hydrogen-bond acceptors (Lipinski definition) is 3. The van der Waals surface area contributed by atoms with Gasteiger partial charge in [0, 0.05) is 25.1 Å². The Labute approximate surface area is 96.2 Å². The van der Waals surface area contributed by atoms with E-state index >= 15 is 0 Å². The van der Waals surface area contributed by atoms with Gasteiger partial charge in [-0.2, -0.15) is 0 Å². The lowest BCUT2D eigenvalue weighted by Crippen LogP contribution is -2.04. The minimum Gasteiger partial charge on any atom is -0.367 e. The summed E-state index contributed by atoms with van der Waals surface area (Å²) in [6.45, 7) is 4.49. The number of fused-ring (bicyclic) bond motifs is 1. The molecule has 0 aliphatic heterocycles. The number of hydrogen-bond donors (Lipinski definition) is 1. The van der Waals surface area contributed by atoms with Crippen LogP contribution in [-0.4, -0.2) is 20.9 Å². The first-order chi connectivity index (χ1) is 7.31. The predicted octanol–water partition coefficient (Wildman–Crippen LogP) is 2.48. The highest BCUT2D eigenvalue weighted by atomic mass is 79.9. The van der Waals surface area contributed by atoms with E-state index in [2.05, 4.69) is 37.8 Å². The molecule has 2 aromatic rings. The van der Waals surface area contributed by atoms with Crippen molar-refractivity contribution in [3.05, 3.63) is 35.8 Å². The third-order valence-electron chi connectivity index (χ3n) is 1.99. The quantitative estimate of drug-likeness (QED) is 0.683. The van der Waals surface area contributed by atoms with Crippen LogP contribution in [0.25, 0.3) is 5.65 Å². The number of imidazole rings is 1. The van der Waals surface area contributed by atoms with Gasteiger partial charge in [-0.25, -0.2) is 9.97 Å². The largest absolute Gasteiger partial charge is 0.367 e. The predicted molar refractivity (Wildman–Crippen MR) is 64.0 cm³/mol. The lowest BCUT2D eigenvalue weighted by atomic mass is 10.4. The van der Waals surface area contributed by atoms with Crippen LogP contribution in [0.5, 0.6) is 0 Å². The van der Waals surface area contributed by atoms with Crippen LogP contribution in [0.1, 0.15) is 6.42 Å². The fourth-order valence-corrected chi connectivity index (χ4v) is 1.71. The van der Waals surface area contributed by atoms with Gasteiger partial charge in [-0.15, -0.1) is 6.58 Å². The van der Waals surface area contributed by atoms with Gasteiger partial charge in [-0.1, -0.05) is 6.08 Å². The number of halogens is 1. The molecule has 0 aliphatic rings. The van der Waals surface area contributed by atoms with E-state index in [0.717, 1.165) is 29.0 Å². The molecule has 1 N–H and O–H groups in total. The lowest BCUT2D eigenvalue weighted by Gasteiger charge is -2.05. The van der Waals surface area contributed by atoms with Crippen LogP contribution >= 0.6 is 15.9 Å². The van der Waals surface area contributed by atoms with E-state index in [-0.39, 0.29) is 0 Å². The Bertz CT molecular complexity index is 477. The summed E-state index contributed by atoms with van der Waals surface area (Å²) in [4.78, 5) is 8.56. The van der Waals surface area contributed by atoms with Gasteiger partial charge in [0.2, 0.25) is 0 Å². The fourth-order valence-electron chi connectivity index (χ4n) is 1.31. The highest BCUT2D eigenvalue weighted by molar-refractivity contribution is 9.10. The second-order valence-corrected chi connectivity index (χ2v) is 3.89. The van der Waals surface area contributed by atoms with Crippen molar-refractivity contribution in [1.82, 2.24) is 14.4 Å². The van der Waals surface area contributed by atoms with Crippen LogP contribution in [0.4, 0.5) is 5.82 Å². The van der Waals surface area contributed by atoms with E-state index < -0.39 is 0 Å². The topological polar surface area (TPSA) is 42.2 Å². The first-order valence-corrected chi connectivity index (χ1v) is 5.44. The first-order valence-electron chi connectivity index (χ1n) is 4.65. The van der Waals surface area contributed by atoms with Crippen molar-refractivity contribution in [1.29, 1.82) is 0 Å². The van der Waals surface area contributed by atoms with Gasteiger partial charge < -0.3 is 9.72 Å². The molecule has 0 unspecified atom stereocenters. The highest BCUT2D eigenvalue weighted by Crippen LogP contribution is 2.16. The highest BCUT2D eigenvalue weighted by Gasteiger charge is 2.04. The molecule has 4 nitrogen and oxygen atoms in total. The van der Waals surface area contributed by atoms with Crippen molar-refractivity contribution in [3.8, 4) is 0 Å². The summed E-state index contributed by atoms with van der Waals surface area (Å²) in [7, 11) is 0. The normalized spacial score (nSPS) is 10.5. The van der Waals surface area contributed by atoms with Crippen molar-refractivity contribution < 1.29 is 0 Å². The zero-order valence-electron chi connectivity index (χ0n) is 8.15. The van der Waals surface area contributed by atoms with Gasteiger partial charge in [-0.05, 0) is 22.4 Å². The maximum Gasteiger partial charge on any atom is 0.180 e. The molecule has 15 heavy (non-hydrogen) atoms. The van der Waals surface area contributed by atoms with Crippen molar-refractivity contribution >= 4 is 27.4 Å². The second kappa shape index (κ2) is 4.44. The molecule has 0 bridgehead atoms. The van der Waals surface area contributed by atoms with Gasteiger partial charge >= 0.3 is 0 Å². The summed E-state index contributed by atoms with van der Waals surface area (Å²) < 4.78 is 2.71. The molecule has 0 saturated carbocycles. The van der Waals surface area contributed by atoms with Gasteiger partial charge in [0.25, 0.3) is 0 Å². The minimum atomic E-state index is 0.786. The standard InChI is InChI=1S/C10H11BrN4/c1-2-3-4-12-9-10-13-5-6-15(10)7-8(11)14-9/h2,5-7H,1,3-4H2,(H,12,14). The fraction of sp³-hybridized carbons (Fsp3) is 0.200. The molecule has 0 fully saturated rings. The summed E-state index contributed by atoms with van der Waals surface area (Å²) in [5, 5.41) is 3.22. The molecule has 0 aliphatic carbocycles. The summed E-state index contributed by atoms with van der Waals surface area (Å²) >= 11 is 3.36. The molecule has 0 spiro atoms. The maximum absolute atomic E-state index is 4.33. The molecule has 0 atom stereocenters. The number of anilines is 1. The zero-order chi connectivity index (χ0) is 10.7. The molecular formula is C10H11BrN4. The van der Waals surface area contributed by atoms with Gasteiger partial charge in [0.15, 0.2) is 11.5 Å². The first kappa shape index (κ1) is 10.2. The number of nitrogens with zero attached hydrogens (tertiary/aromatic N) is 3. The Balaban J connectivity index is 2.31. The number of rotatable bonds is 4. The third kappa shape index (κ3) is 2.18. The number of aromatic nitrogens is 3. The van der Waals surface area contributed by atoms with Crippen LogP contribution in [0.15, 0.2) is 35.8 Å². The van der Waals surface area contributed by atoms with E-state index in [9.17, 15) is 0 Å². The Morgan fingerprint density at radius 1 is 1.60 bits per heavy atom. The zero-order valence-corrected chi connectivity index (χ0v) is 9.74. The van der Waals surface area contributed by atoms with Gasteiger partial charge in [0.05, 0.1) is 0 Å². The minimum absolute atomic E-state index is 0.786. The Kier molecular flexibility index (Phi) is 3.01. The molecular weight excluding hydrogens is 256 g/mol. The molecule has 0 aromatic carbocycles. The van der Waals surface area contributed by atoms with Crippen molar-refractivity contribution in [3.63, 3.8) is 0 Å². The Hall–Kier alpha value is -1.36. The Morgan fingerprint density at radius 3 is 3.27 bits per heavy atom. The van der Waals surface area contributed by atoms with E-state index in [1.54, 1.807) is 6.20 Å². The molecule has 2 aromatic heterocycles. The summed E-state index contributed by atoms with van der Waals surface area (Å²) in [5.74, 6) is 0.788. The monoisotopic (exact) mass is 266 g/mol. The SMILES string of the molecule is C=CCCNc1nc(Br)cn2ccnc12. The van der Waals surface area contributed by atoms with E-state index in [1.165, 1.54) is 0 Å². The van der Waals surface area contributed by atoms with Gasteiger partial charge in [-0.3, -0.25) is 0 Å². The molecule has 5 heteroatoms. The second-order valence-electron chi connectivity index (χ2n) is 3.07. The van der Waals surface area contributed by atoms with Crippen LogP contribution in [-0.2, 0) is 0 Å². The van der Waals surface area contributed by atoms with Crippen LogP contribution in [0.3, 0.4) is 0 Å². The van der Waals surface area contributed by atoms with E-state index in [1.807, 2.05) is 22.9 Å². The molecule has 0 radical (unpaired) electrons. The van der Waals surface area contributed by atoms with Crippen molar-refractivity contribution in [2.75, 3.05) is 11.9 Å². The van der Waals surface area contributed by atoms with Crippen LogP contribution in [0, 0.1) is 0 Å². The summed E-state index contributed by atoms with van der Waals surface area (Å²) in [6.07, 6.45) is 8.29. The van der Waals surface area contributed by atoms with E-state index in [0.29, 0.717) is 0 Å². The van der Waals surface area contributed by atoms with Crippen molar-refractivity contribution in [2.45, 2.75) is 6.42 Å². The molecule has 0 amide bonds. The van der Waals surface area contributed by atoms with E-state index in [4.69, 9.17) is 0 Å². The third-order valence-corrected chi connectivity index (χ3v) is 2.37. The molecule has 0 saturated heterocycles. The van der Waals surface area contributed by atoms with Gasteiger partial charge in [0.1, 0.15) is 4.60 Å². The maximum atomic E-state index is 4.33. The summed E-state index contributed by atoms with van der Waals surface area (Å²) in [6, 6.07) is 0.